The van der Waals surface area contributed by atoms with Gasteiger partial charge in [-0.1, -0.05) is 17.7 Å². The van der Waals surface area contributed by atoms with Gasteiger partial charge in [-0.3, -0.25) is 9.59 Å². The van der Waals surface area contributed by atoms with Gasteiger partial charge in [0.05, 0.1) is 17.1 Å². The number of hydrogen-bond acceptors (Lipinski definition) is 3. The van der Waals surface area contributed by atoms with Gasteiger partial charge in [-0.15, -0.1) is 0 Å². The van der Waals surface area contributed by atoms with Crippen LogP contribution in [0, 0.1) is 0 Å². The molecule has 0 unspecified atom stereocenters. The molecule has 7 heteroatoms. The van der Waals surface area contributed by atoms with E-state index < -0.39 is 5.91 Å². The third-order valence-electron chi connectivity index (χ3n) is 2.55. The lowest BCUT2D eigenvalue weighted by Crippen LogP contribution is -2.40. The second-order valence-electron chi connectivity index (χ2n) is 4.60. The molecule has 6 nitrogen and oxygen atoms in total. The summed E-state index contributed by atoms with van der Waals surface area (Å²) in [5.74, 6) is -0.731. The van der Waals surface area contributed by atoms with E-state index in [4.69, 9.17) is 11.6 Å². The van der Waals surface area contributed by atoms with Crippen LogP contribution in [-0.4, -0.2) is 34.0 Å². The highest BCUT2D eigenvalue weighted by molar-refractivity contribution is 6.36. The van der Waals surface area contributed by atoms with Crippen molar-refractivity contribution < 1.29 is 9.59 Å². The fourth-order valence-electron chi connectivity index (χ4n) is 1.73. The van der Waals surface area contributed by atoms with E-state index in [1.54, 1.807) is 24.4 Å². The van der Waals surface area contributed by atoms with Gasteiger partial charge in [-0.25, -0.2) is 4.52 Å². The lowest BCUT2D eigenvalue weighted by Gasteiger charge is -2.08. The zero-order valence-corrected chi connectivity index (χ0v) is 11.9. The molecule has 0 radical (unpaired) electrons. The Labute approximate surface area is 121 Å². The summed E-state index contributed by atoms with van der Waals surface area (Å²) in [7, 11) is 0. The van der Waals surface area contributed by atoms with Crippen LogP contribution < -0.4 is 10.6 Å². The number of nitrogens with one attached hydrogen (secondary N) is 2. The van der Waals surface area contributed by atoms with Crippen LogP contribution in [0.3, 0.4) is 0 Å². The van der Waals surface area contributed by atoms with Crippen LogP contribution in [0.25, 0.3) is 5.52 Å². The van der Waals surface area contributed by atoms with Crippen molar-refractivity contribution in [2.75, 3.05) is 6.54 Å². The first-order valence-electron chi connectivity index (χ1n) is 6.19. The lowest BCUT2D eigenvalue weighted by molar-refractivity contribution is -0.120. The number of rotatable bonds is 4. The van der Waals surface area contributed by atoms with Gasteiger partial charge in [0.2, 0.25) is 5.91 Å². The van der Waals surface area contributed by atoms with Gasteiger partial charge in [0, 0.05) is 12.2 Å². The van der Waals surface area contributed by atoms with Crippen molar-refractivity contribution in [3.8, 4) is 0 Å². The summed E-state index contributed by atoms with van der Waals surface area (Å²) in [6.45, 7) is 3.58. The SMILES string of the molecule is CC(C)NC(=O)CNC(=O)c1nn2ccccc2c1Cl. The molecule has 0 spiro atoms. The van der Waals surface area contributed by atoms with Crippen molar-refractivity contribution in [3.63, 3.8) is 0 Å². The van der Waals surface area contributed by atoms with Gasteiger partial charge in [0.25, 0.3) is 5.91 Å². The zero-order chi connectivity index (χ0) is 14.7. The smallest absolute Gasteiger partial charge is 0.273 e. The van der Waals surface area contributed by atoms with E-state index in [1.807, 2.05) is 13.8 Å². The molecule has 0 bridgehead atoms. The number of carbonyl (C=O) groups is 2. The van der Waals surface area contributed by atoms with Crippen LogP contribution in [0.15, 0.2) is 24.4 Å². The molecule has 2 N–H and O–H groups in total. The molecule has 0 fully saturated rings. The number of nitrogens with zero attached hydrogens (tertiary/aromatic N) is 2. The quantitative estimate of drug-likeness (QED) is 0.891. The molecule has 0 aliphatic rings. The molecule has 0 atom stereocenters. The molecule has 2 aromatic rings. The summed E-state index contributed by atoms with van der Waals surface area (Å²) < 4.78 is 1.52. The Hall–Kier alpha value is -2.08. The first kappa shape index (κ1) is 14.3. The Balaban J connectivity index is 2.08. The summed E-state index contributed by atoms with van der Waals surface area (Å²) in [6.07, 6.45) is 1.70. The minimum absolute atomic E-state index is 0.0261. The Bertz CT molecular complexity index is 651. The highest BCUT2D eigenvalue weighted by Crippen LogP contribution is 2.21. The third kappa shape index (κ3) is 3.08. The standard InChI is InChI=1S/C13H15ClN4O2/c1-8(2)16-10(19)7-15-13(20)12-11(14)9-5-3-4-6-18(9)17-12/h3-6,8H,7H2,1-2H3,(H,15,20)(H,16,19). The monoisotopic (exact) mass is 294 g/mol. The van der Waals surface area contributed by atoms with Gasteiger partial charge in [0.15, 0.2) is 5.69 Å². The molecule has 0 saturated carbocycles. The molecule has 0 saturated heterocycles. The normalized spacial score (nSPS) is 10.8. The summed E-state index contributed by atoms with van der Waals surface area (Å²) in [6, 6.07) is 5.38. The van der Waals surface area contributed by atoms with Gasteiger partial charge in [0.1, 0.15) is 0 Å². The van der Waals surface area contributed by atoms with Gasteiger partial charge < -0.3 is 10.6 Å². The van der Waals surface area contributed by atoms with Crippen LogP contribution in [-0.2, 0) is 4.79 Å². The number of amides is 2. The Morgan fingerprint density at radius 3 is 2.80 bits per heavy atom. The average molecular weight is 295 g/mol. The van der Waals surface area contributed by atoms with Crippen LogP contribution in [0.5, 0.6) is 0 Å². The molecular weight excluding hydrogens is 280 g/mol. The molecule has 2 heterocycles. The Kier molecular flexibility index (Phi) is 4.24. The summed E-state index contributed by atoms with van der Waals surface area (Å²) >= 11 is 6.11. The minimum Gasteiger partial charge on any atom is -0.352 e. The van der Waals surface area contributed by atoms with Crippen LogP contribution in [0.2, 0.25) is 5.02 Å². The number of pyridine rings is 1. The molecule has 0 aliphatic carbocycles. The van der Waals surface area contributed by atoms with Crippen LogP contribution in [0.4, 0.5) is 0 Å². The Morgan fingerprint density at radius 1 is 1.40 bits per heavy atom. The van der Waals surface area contributed by atoms with Crippen molar-refractivity contribution in [2.45, 2.75) is 19.9 Å². The molecule has 20 heavy (non-hydrogen) atoms. The summed E-state index contributed by atoms with van der Waals surface area (Å²) in [5, 5.41) is 9.54. The highest BCUT2D eigenvalue weighted by Gasteiger charge is 2.18. The van der Waals surface area contributed by atoms with Crippen molar-refractivity contribution in [1.29, 1.82) is 0 Å². The molecular formula is C13H15ClN4O2. The highest BCUT2D eigenvalue weighted by atomic mass is 35.5. The van der Waals surface area contributed by atoms with E-state index in [-0.39, 0.29) is 29.2 Å². The maximum atomic E-state index is 12.0. The van der Waals surface area contributed by atoms with E-state index >= 15 is 0 Å². The summed E-state index contributed by atoms with van der Waals surface area (Å²) in [4.78, 5) is 23.4. The number of halogens is 1. The fourth-order valence-corrected chi connectivity index (χ4v) is 2.00. The second-order valence-corrected chi connectivity index (χ2v) is 4.98. The molecule has 2 rings (SSSR count). The Morgan fingerprint density at radius 2 is 2.15 bits per heavy atom. The predicted molar refractivity (Wildman–Crippen MR) is 75.8 cm³/mol. The lowest BCUT2D eigenvalue weighted by atomic mass is 10.3. The third-order valence-corrected chi connectivity index (χ3v) is 2.93. The second kappa shape index (κ2) is 5.92. The van der Waals surface area contributed by atoms with Crippen molar-refractivity contribution >= 4 is 28.9 Å². The number of hydrogen-bond donors (Lipinski definition) is 2. The number of aromatic nitrogens is 2. The maximum absolute atomic E-state index is 12.0. The molecule has 2 aromatic heterocycles. The number of carbonyl (C=O) groups excluding carboxylic acids is 2. The van der Waals surface area contributed by atoms with Crippen molar-refractivity contribution in [2.24, 2.45) is 0 Å². The van der Waals surface area contributed by atoms with E-state index in [9.17, 15) is 9.59 Å². The summed E-state index contributed by atoms with van der Waals surface area (Å²) in [5.41, 5.74) is 0.751. The van der Waals surface area contributed by atoms with Crippen LogP contribution in [0.1, 0.15) is 24.3 Å². The average Bonchev–Trinajstić information content (AvgIpc) is 2.73. The first-order valence-corrected chi connectivity index (χ1v) is 6.57. The van der Waals surface area contributed by atoms with Crippen LogP contribution >= 0.6 is 11.6 Å². The van der Waals surface area contributed by atoms with Gasteiger partial charge in [-0.2, -0.15) is 5.10 Å². The van der Waals surface area contributed by atoms with Crippen molar-refractivity contribution in [1.82, 2.24) is 20.2 Å². The molecule has 106 valence electrons. The molecule has 0 aliphatic heterocycles. The predicted octanol–water partition coefficient (Wildman–Crippen LogP) is 1.24. The zero-order valence-electron chi connectivity index (χ0n) is 11.2. The topological polar surface area (TPSA) is 75.5 Å². The minimum atomic E-state index is -0.474. The first-order chi connectivity index (χ1) is 9.49. The number of fused-ring (bicyclic) bond motifs is 1. The van der Waals surface area contributed by atoms with E-state index in [0.717, 1.165) is 0 Å². The van der Waals surface area contributed by atoms with E-state index in [2.05, 4.69) is 15.7 Å². The van der Waals surface area contributed by atoms with Crippen molar-refractivity contribution in [3.05, 3.63) is 35.1 Å². The maximum Gasteiger partial charge on any atom is 0.273 e. The van der Waals surface area contributed by atoms with Gasteiger partial charge in [-0.05, 0) is 26.0 Å². The molecule has 2 amide bonds. The van der Waals surface area contributed by atoms with E-state index in [0.29, 0.717) is 5.52 Å². The van der Waals surface area contributed by atoms with Gasteiger partial charge >= 0.3 is 0 Å². The fraction of sp³-hybridized carbons (Fsp3) is 0.308. The largest absolute Gasteiger partial charge is 0.352 e. The molecule has 0 aromatic carbocycles. The van der Waals surface area contributed by atoms with E-state index in [1.165, 1.54) is 4.52 Å².